The molecule has 1 aromatic heterocycles. The standard InChI is InChI=1S/C27H29N3O4/c1-19-15-23(16-20(2)25(19)34-18-21-5-4-10-28-17-21)27(32)30-13-11-29(12-14-30)26(31)22-6-8-24(33-3)9-7-22/h4-10,15-17H,11-14,18H2,1-3H3. The molecule has 0 saturated carbocycles. The molecule has 0 bridgehead atoms. The molecule has 7 heteroatoms. The number of aryl methyl sites for hydroxylation is 2. The van der Waals surface area contributed by atoms with Gasteiger partial charge in [0.15, 0.2) is 0 Å². The van der Waals surface area contributed by atoms with Crippen LogP contribution in [0, 0.1) is 13.8 Å². The molecule has 0 aliphatic carbocycles. The predicted molar refractivity (Wildman–Crippen MR) is 129 cm³/mol. The third kappa shape index (κ3) is 5.20. The van der Waals surface area contributed by atoms with Crippen LogP contribution >= 0.6 is 0 Å². The third-order valence-corrected chi connectivity index (χ3v) is 6.00. The summed E-state index contributed by atoms with van der Waals surface area (Å²) < 4.78 is 11.2. The minimum absolute atomic E-state index is 0.0263. The Morgan fingerprint density at radius 2 is 1.47 bits per heavy atom. The van der Waals surface area contributed by atoms with Gasteiger partial charge in [-0.3, -0.25) is 14.6 Å². The van der Waals surface area contributed by atoms with Gasteiger partial charge in [0.25, 0.3) is 11.8 Å². The summed E-state index contributed by atoms with van der Waals surface area (Å²) in [5, 5.41) is 0. The van der Waals surface area contributed by atoms with E-state index in [1.54, 1.807) is 48.7 Å². The van der Waals surface area contributed by atoms with Gasteiger partial charge in [0.05, 0.1) is 7.11 Å². The fraction of sp³-hybridized carbons (Fsp3) is 0.296. The van der Waals surface area contributed by atoms with E-state index in [4.69, 9.17) is 9.47 Å². The van der Waals surface area contributed by atoms with Gasteiger partial charge in [-0.25, -0.2) is 0 Å². The first-order valence-corrected chi connectivity index (χ1v) is 11.3. The Balaban J connectivity index is 1.37. The van der Waals surface area contributed by atoms with Gasteiger partial charge in [-0.05, 0) is 67.4 Å². The molecular formula is C27H29N3O4. The summed E-state index contributed by atoms with van der Waals surface area (Å²) in [5.74, 6) is 1.44. The zero-order valence-corrected chi connectivity index (χ0v) is 19.8. The molecule has 0 spiro atoms. The molecule has 2 amide bonds. The van der Waals surface area contributed by atoms with Crippen molar-refractivity contribution in [3.8, 4) is 11.5 Å². The van der Waals surface area contributed by atoms with Gasteiger partial charge >= 0.3 is 0 Å². The maximum atomic E-state index is 13.2. The number of ether oxygens (including phenoxy) is 2. The number of carbonyl (C=O) groups is 2. The molecule has 2 aromatic carbocycles. The van der Waals surface area contributed by atoms with Crippen molar-refractivity contribution in [2.75, 3.05) is 33.3 Å². The number of rotatable bonds is 6. The van der Waals surface area contributed by atoms with Crippen LogP contribution in [-0.4, -0.2) is 59.9 Å². The Kier molecular flexibility index (Phi) is 7.11. The molecule has 34 heavy (non-hydrogen) atoms. The smallest absolute Gasteiger partial charge is 0.253 e. The second-order valence-electron chi connectivity index (χ2n) is 8.40. The van der Waals surface area contributed by atoms with Crippen LogP contribution in [0.4, 0.5) is 0 Å². The molecule has 0 atom stereocenters. The van der Waals surface area contributed by atoms with E-state index in [9.17, 15) is 9.59 Å². The predicted octanol–water partition coefficient (Wildman–Crippen LogP) is 3.88. The van der Waals surface area contributed by atoms with E-state index in [1.165, 1.54) is 0 Å². The number of nitrogens with zero attached hydrogens (tertiary/aromatic N) is 3. The molecule has 2 heterocycles. The van der Waals surface area contributed by atoms with Crippen LogP contribution in [-0.2, 0) is 6.61 Å². The van der Waals surface area contributed by atoms with E-state index >= 15 is 0 Å². The van der Waals surface area contributed by atoms with Crippen molar-refractivity contribution in [3.63, 3.8) is 0 Å². The molecule has 4 rings (SSSR count). The summed E-state index contributed by atoms with van der Waals surface area (Å²) in [7, 11) is 1.60. The maximum absolute atomic E-state index is 13.2. The highest BCUT2D eigenvalue weighted by atomic mass is 16.5. The van der Waals surface area contributed by atoms with Crippen LogP contribution in [0.25, 0.3) is 0 Å². The van der Waals surface area contributed by atoms with E-state index in [-0.39, 0.29) is 11.8 Å². The molecule has 0 radical (unpaired) electrons. The maximum Gasteiger partial charge on any atom is 0.253 e. The topological polar surface area (TPSA) is 72.0 Å². The largest absolute Gasteiger partial charge is 0.497 e. The van der Waals surface area contributed by atoms with Crippen LogP contribution < -0.4 is 9.47 Å². The Morgan fingerprint density at radius 1 is 0.882 bits per heavy atom. The number of aromatic nitrogens is 1. The minimum atomic E-state index is -0.0310. The molecule has 0 N–H and O–H groups in total. The average molecular weight is 460 g/mol. The van der Waals surface area contributed by atoms with Crippen molar-refractivity contribution in [1.82, 2.24) is 14.8 Å². The summed E-state index contributed by atoms with van der Waals surface area (Å²) in [6.07, 6.45) is 3.51. The lowest BCUT2D eigenvalue weighted by Crippen LogP contribution is -2.50. The molecule has 7 nitrogen and oxygen atoms in total. The Labute approximate surface area is 199 Å². The van der Waals surface area contributed by atoms with E-state index in [1.807, 2.05) is 43.0 Å². The van der Waals surface area contributed by atoms with Gasteiger partial charge in [0.2, 0.25) is 0 Å². The van der Waals surface area contributed by atoms with Crippen molar-refractivity contribution < 1.29 is 19.1 Å². The molecule has 1 aliphatic rings. The fourth-order valence-electron chi connectivity index (χ4n) is 4.15. The van der Waals surface area contributed by atoms with Crippen molar-refractivity contribution in [1.29, 1.82) is 0 Å². The van der Waals surface area contributed by atoms with E-state index < -0.39 is 0 Å². The van der Waals surface area contributed by atoms with Crippen molar-refractivity contribution in [2.45, 2.75) is 20.5 Å². The van der Waals surface area contributed by atoms with Gasteiger partial charge in [0, 0.05) is 55.3 Å². The SMILES string of the molecule is COc1ccc(C(=O)N2CCN(C(=O)c3cc(C)c(OCc4cccnc4)c(C)c3)CC2)cc1. The molecule has 3 aromatic rings. The molecule has 1 aliphatic heterocycles. The lowest BCUT2D eigenvalue weighted by atomic mass is 10.0. The first-order chi connectivity index (χ1) is 16.5. The van der Waals surface area contributed by atoms with Gasteiger partial charge in [-0.1, -0.05) is 6.07 Å². The summed E-state index contributed by atoms with van der Waals surface area (Å²) in [6.45, 7) is 6.33. The lowest BCUT2D eigenvalue weighted by molar-refractivity contribution is 0.0535. The molecule has 0 unspecified atom stereocenters. The number of carbonyl (C=O) groups excluding carboxylic acids is 2. The van der Waals surface area contributed by atoms with E-state index in [0.717, 1.165) is 22.4 Å². The minimum Gasteiger partial charge on any atom is -0.497 e. The average Bonchev–Trinajstić information content (AvgIpc) is 2.88. The summed E-state index contributed by atoms with van der Waals surface area (Å²) in [4.78, 5) is 33.7. The first kappa shape index (κ1) is 23.3. The van der Waals surface area contributed by atoms with Crippen LogP contribution in [0.15, 0.2) is 60.9 Å². The summed E-state index contributed by atoms with van der Waals surface area (Å²) in [6, 6.07) is 14.7. The Hall–Kier alpha value is -3.87. The lowest BCUT2D eigenvalue weighted by Gasteiger charge is -2.35. The highest BCUT2D eigenvalue weighted by Crippen LogP contribution is 2.27. The molecule has 1 saturated heterocycles. The fourth-order valence-corrected chi connectivity index (χ4v) is 4.15. The molecular weight excluding hydrogens is 430 g/mol. The Morgan fingerprint density at radius 3 is 2.00 bits per heavy atom. The van der Waals surface area contributed by atoms with Gasteiger partial charge < -0.3 is 19.3 Å². The molecule has 176 valence electrons. The highest BCUT2D eigenvalue weighted by molar-refractivity contribution is 5.96. The summed E-state index contributed by atoms with van der Waals surface area (Å²) >= 11 is 0. The van der Waals surface area contributed by atoms with Gasteiger partial charge in [0.1, 0.15) is 18.1 Å². The number of pyridine rings is 1. The zero-order chi connectivity index (χ0) is 24.1. The number of hydrogen-bond donors (Lipinski definition) is 0. The van der Waals surface area contributed by atoms with Crippen molar-refractivity contribution in [3.05, 3.63) is 88.7 Å². The third-order valence-electron chi connectivity index (χ3n) is 6.00. The number of benzene rings is 2. The van der Waals surface area contributed by atoms with Gasteiger partial charge in [-0.15, -0.1) is 0 Å². The van der Waals surface area contributed by atoms with Gasteiger partial charge in [-0.2, -0.15) is 0 Å². The monoisotopic (exact) mass is 459 g/mol. The number of methoxy groups -OCH3 is 1. The molecule has 1 fully saturated rings. The van der Waals surface area contributed by atoms with Crippen LogP contribution in [0.2, 0.25) is 0 Å². The van der Waals surface area contributed by atoms with Crippen molar-refractivity contribution in [2.24, 2.45) is 0 Å². The Bertz CT molecular complexity index is 1130. The van der Waals surface area contributed by atoms with Crippen LogP contribution in [0.1, 0.15) is 37.4 Å². The second-order valence-corrected chi connectivity index (χ2v) is 8.40. The highest BCUT2D eigenvalue weighted by Gasteiger charge is 2.26. The number of hydrogen-bond acceptors (Lipinski definition) is 5. The second kappa shape index (κ2) is 10.4. The van der Waals surface area contributed by atoms with Crippen LogP contribution in [0.3, 0.4) is 0 Å². The number of piperazine rings is 1. The van der Waals surface area contributed by atoms with Crippen molar-refractivity contribution >= 4 is 11.8 Å². The number of amides is 2. The van der Waals surface area contributed by atoms with E-state index in [0.29, 0.717) is 49.7 Å². The normalized spacial score (nSPS) is 13.5. The first-order valence-electron chi connectivity index (χ1n) is 11.3. The van der Waals surface area contributed by atoms with E-state index in [2.05, 4.69) is 4.98 Å². The zero-order valence-electron chi connectivity index (χ0n) is 19.8. The summed E-state index contributed by atoms with van der Waals surface area (Å²) in [5.41, 5.74) is 4.08. The quantitative estimate of drug-likeness (QED) is 0.559. The van der Waals surface area contributed by atoms with Crippen LogP contribution in [0.5, 0.6) is 11.5 Å².